The monoisotopic (exact) mass is 410 g/mol. The number of hydrazone groups is 1. The summed E-state index contributed by atoms with van der Waals surface area (Å²) >= 11 is 0. The molecule has 30 heavy (non-hydrogen) atoms. The summed E-state index contributed by atoms with van der Waals surface area (Å²) in [4.78, 5) is 17.7. The zero-order valence-electron chi connectivity index (χ0n) is 17.4. The average molecular weight is 410 g/mol. The van der Waals surface area contributed by atoms with E-state index in [0.717, 1.165) is 37.5 Å². The Morgan fingerprint density at radius 2 is 1.90 bits per heavy atom. The SMILES string of the molecule is COc1ccccc1[C@H]1CC(c2cccc(F)c2)=NN1C(=O)CN1CCN(C)CC1. The van der Waals surface area contributed by atoms with Crippen molar-refractivity contribution in [1.29, 1.82) is 0 Å². The van der Waals surface area contributed by atoms with Crippen molar-refractivity contribution in [2.75, 3.05) is 46.9 Å². The zero-order chi connectivity index (χ0) is 21.1. The van der Waals surface area contributed by atoms with Gasteiger partial charge in [-0.15, -0.1) is 0 Å². The van der Waals surface area contributed by atoms with Crippen LogP contribution in [0.25, 0.3) is 0 Å². The van der Waals surface area contributed by atoms with Gasteiger partial charge >= 0.3 is 0 Å². The molecule has 2 aliphatic rings. The number of benzene rings is 2. The van der Waals surface area contributed by atoms with Crippen LogP contribution in [-0.2, 0) is 4.79 Å². The number of hydrogen-bond donors (Lipinski definition) is 0. The van der Waals surface area contributed by atoms with Gasteiger partial charge < -0.3 is 9.64 Å². The summed E-state index contributed by atoms with van der Waals surface area (Å²) in [6.07, 6.45) is 0.512. The summed E-state index contributed by atoms with van der Waals surface area (Å²) < 4.78 is 19.3. The minimum absolute atomic E-state index is 0.0538. The molecule has 0 aromatic heterocycles. The van der Waals surface area contributed by atoms with Crippen molar-refractivity contribution in [3.8, 4) is 5.75 Å². The van der Waals surface area contributed by atoms with E-state index in [0.29, 0.717) is 24.2 Å². The predicted octanol–water partition coefficient (Wildman–Crippen LogP) is 2.76. The first-order chi connectivity index (χ1) is 14.5. The van der Waals surface area contributed by atoms with E-state index in [9.17, 15) is 9.18 Å². The molecule has 0 bridgehead atoms. The molecule has 1 atom stereocenters. The summed E-state index contributed by atoms with van der Waals surface area (Å²) in [5.74, 6) is 0.351. The van der Waals surface area contributed by atoms with Crippen LogP contribution in [0, 0.1) is 5.82 Å². The van der Waals surface area contributed by atoms with Crippen LogP contribution in [-0.4, -0.2) is 73.3 Å². The lowest BCUT2D eigenvalue weighted by Gasteiger charge is -2.33. The number of likely N-dealkylation sites (N-methyl/N-ethyl adjacent to an activating group) is 1. The molecule has 2 aromatic rings. The Kier molecular flexibility index (Phi) is 6.11. The summed E-state index contributed by atoms with van der Waals surface area (Å²) in [5.41, 5.74) is 2.31. The minimum atomic E-state index is -0.314. The number of carbonyl (C=O) groups is 1. The highest BCUT2D eigenvalue weighted by Crippen LogP contribution is 2.37. The number of para-hydroxylation sites is 1. The molecule has 1 amide bonds. The van der Waals surface area contributed by atoms with Gasteiger partial charge in [0.05, 0.1) is 25.4 Å². The molecule has 2 aromatic carbocycles. The Bertz CT molecular complexity index is 940. The van der Waals surface area contributed by atoms with Crippen molar-refractivity contribution in [2.45, 2.75) is 12.5 Å². The van der Waals surface area contributed by atoms with Crippen molar-refractivity contribution in [2.24, 2.45) is 5.10 Å². The molecule has 0 saturated carbocycles. The molecule has 0 N–H and O–H groups in total. The second kappa shape index (κ2) is 8.93. The summed E-state index contributed by atoms with van der Waals surface area (Å²) in [7, 11) is 3.71. The normalized spacial score (nSPS) is 20.3. The second-order valence-electron chi connectivity index (χ2n) is 7.84. The van der Waals surface area contributed by atoms with Crippen molar-refractivity contribution < 1.29 is 13.9 Å². The average Bonchev–Trinajstić information content (AvgIpc) is 3.21. The molecular formula is C23H27FN4O2. The highest BCUT2D eigenvalue weighted by Gasteiger charge is 2.35. The predicted molar refractivity (Wildman–Crippen MR) is 114 cm³/mol. The van der Waals surface area contributed by atoms with Gasteiger partial charge in [0.2, 0.25) is 0 Å². The van der Waals surface area contributed by atoms with Crippen LogP contribution in [0.1, 0.15) is 23.6 Å². The van der Waals surface area contributed by atoms with E-state index >= 15 is 0 Å². The number of amides is 1. The van der Waals surface area contributed by atoms with Gasteiger partial charge in [0, 0.05) is 43.7 Å². The van der Waals surface area contributed by atoms with Crippen molar-refractivity contribution in [3.63, 3.8) is 0 Å². The molecule has 2 heterocycles. The van der Waals surface area contributed by atoms with Gasteiger partial charge in [0.15, 0.2) is 0 Å². The zero-order valence-corrected chi connectivity index (χ0v) is 17.4. The molecule has 1 saturated heterocycles. The van der Waals surface area contributed by atoms with E-state index in [1.165, 1.54) is 12.1 Å². The summed E-state index contributed by atoms with van der Waals surface area (Å²) in [6, 6.07) is 13.8. The number of hydrogen-bond acceptors (Lipinski definition) is 5. The number of carbonyl (C=O) groups excluding carboxylic acids is 1. The molecule has 0 spiro atoms. The Hall–Kier alpha value is -2.77. The topological polar surface area (TPSA) is 48.4 Å². The molecular weight excluding hydrogens is 383 g/mol. The maximum atomic E-state index is 13.8. The molecule has 0 unspecified atom stereocenters. The lowest BCUT2D eigenvalue weighted by atomic mass is 9.97. The van der Waals surface area contributed by atoms with Gasteiger partial charge in [-0.1, -0.05) is 30.3 Å². The van der Waals surface area contributed by atoms with E-state index in [2.05, 4.69) is 21.9 Å². The fraction of sp³-hybridized carbons (Fsp3) is 0.391. The molecule has 0 radical (unpaired) electrons. The third-order valence-electron chi connectivity index (χ3n) is 5.78. The largest absolute Gasteiger partial charge is 0.496 e. The van der Waals surface area contributed by atoms with Gasteiger partial charge in [0.25, 0.3) is 5.91 Å². The molecule has 7 heteroatoms. The summed E-state index contributed by atoms with van der Waals surface area (Å²) in [5, 5.41) is 6.22. The van der Waals surface area contributed by atoms with Crippen molar-refractivity contribution in [1.82, 2.24) is 14.8 Å². The summed E-state index contributed by atoms with van der Waals surface area (Å²) in [6.45, 7) is 3.92. The quantitative estimate of drug-likeness (QED) is 0.761. The third kappa shape index (κ3) is 4.37. The standard InChI is InChI=1S/C23H27FN4O2/c1-26-10-12-27(13-11-26)16-23(29)28-21(19-8-3-4-9-22(19)30-2)15-20(25-28)17-6-5-7-18(24)14-17/h3-9,14,21H,10-13,15-16H2,1-2H3/t21-/m1/s1. The Morgan fingerprint density at radius 3 is 2.63 bits per heavy atom. The number of ether oxygens (including phenoxy) is 1. The number of nitrogens with zero attached hydrogens (tertiary/aromatic N) is 4. The van der Waals surface area contributed by atoms with Crippen LogP contribution in [0.5, 0.6) is 5.75 Å². The van der Waals surface area contributed by atoms with Crippen LogP contribution in [0.4, 0.5) is 4.39 Å². The second-order valence-corrected chi connectivity index (χ2v) is 7.84. The molecule has 4 rings (SSSR count). The van der Waals surface area contributed by atoms with Crippen LogP contribution < -0.4 is 4.74 Å². The fourth-order valence-corrected chi connectivity index (χ4v) is 4.04. The smallest absolute Gasteiger partial charge is 0.257 e. The first-order valence-corrected chi connectivity index (χ1v) is 10.2. The molecule has 2 aliphatic heterocycles. The maximum Gasteiger partial charge on any atom is 0.257 e. The Balaban J connectivity index is 1.62. The highest BCUT2D eigenvalue weighted by molar-refractivity contribution is 6.03. The van der Waals surface area contributed by atoms with Crippen LogP contribution in [0.3, 0.4) is 0 Å². The highest BCUT2D eigenvalue weighted by atomic mass is 19.1. The number of rotatable bonds is 5. The first-order valence-electron chi connectivity index (χ1n) is 10.2. The van der Waals surface area contributed by atoms with Gasteiger partial charge in [-0.05, 0) is 25.2 Å². The molecule has 1 fully saturated rings. The van der Waals surface area contributed by atoms with Crippen LogP contribution in [0.2, 0.25) is 0 Å². The number of halogens is 1. The van der Waals surface area contributed by atoms with Gasteiger partial charge in [-0.25, -0.2) is 9.40 Å². The van der Waals surface area contributed by atoms with Gasteiger partial charge in [-0.2, -0.15) is 5.10 Å². The van der Waals surface area contributed by atoms with Crippen LogP contribution >= 0.6 is 0 Å². The van der Waals surface area contributed by atoms with E-state index in [1.54, 1.807) is 18.2 Å². The van der Waals surface area contributed by atoms with Crippen LogP contribution in [0.15, 0.2) is 53.6 Å². The van der Waals surface area contributed by atoms with Gasteiger partial charge in [-0.3, -0.25) is 9.69 Å². The van der Waals surface area contributed by atoms with E-state index in [-0.39, 0.29) is 17.8 Å². The van der Waals surface area contributed by atoms with E-state index in [4.69, 9.17) is 4.74 Å². The molecule has 158 valence electrons. The molecule has 0 aliphatic carbocycles. The Morgan fingerprint density at radius 1 is 1.13 bits per heavy atom. The van der Waals surface area contributed by atoms with Crippen molar-refractivity contribution in [3.05, 3.63) is 65.5 Å². The lowest BCUT2D eigenvalue weighted by Crippen LogP contribution is -2.48. The maximum absolute atomic E-state index is 13.8. The minimum Gasteiger partial charge on any atom is -0.496 e. The van der Waals surface area contributed by atoms with Gasteiger partial charge in [0.1, 0.15) is 11.6 Å². The fourth-order valence-electron chi connectivity index (χ4n) is 4.04. The van der Waals surface area contributed by atoms with Crippen molar-refractivity contribution >= 4 is 11.6 Å². The molecule has 6 nitrogen and oxygen atoms in total. The third-order valence-corrected chi connectivity index (χ3v) is 5.78. The number of methoxy groups -OCH3 is 1. The Labute approximate surface area is 176 Å². The first kappa shape index (κ1) is 20.5. The van der Waals surface area contributed by atoms with E-state index < -0.39 is 0 Å². The van der Waals surface area contributed by atoms with E-state index in [1.807, 2.05) is 30.3 Å². The number of piperazine rings is 1. The lowest BCUT2D eigenvalue weighted by molar-refractivity contribution is -0.134.